The number of hydrogen-bond donors (Lipinski definition) is 1. The Bertz CT molecular complexity index is 920. The fraction of sp³-hybridized carbons (Fsp3) is 0.133. The quantitative estimate of drug-likeness (QED) is 0.463. The number of amides is 1. The maximum Gasteiger partial charge on any atom is 0.389 e. The number of carbonyl (C=O) groups excluding carboxylic acids is 1. The average Bonchev–Trinajstić information content (AvgIpc) is 3.24. The Morgan fingerprint density at radius 2 is 2.04 bits per heavy atom. The van der Waals surface area contributed by atoms with E-state index in [9.17, 15) is 14.9 Å². The largest absolute Gasteiger partial charge is 0.471 e. The van der Waals surface area contributed by atoms with Gasteiger partial charge >= 0.3 is 5.82 Å². The molecule has 0 aliphatic rings. The fourth-order valence-electron chi connectivity index (χ4n) is 2.05. The maximum absolute atomic E-state index is 12.0. The van der Waals surface area contributed by atoms with Gasteiger partial charge in [0.25, 0.3) is 0 Å². The van der Waals surface area contributed by atoms with Gasteiger partial charge in [-0.1, -0.05) is 15.9 Å². The van der Waals surface area contributed by atoms with Crippen LogP contribution < -0.4 is 10.1 Å². The van der Waals surface area contributed by atoms with Crippen LogP contribution in [0.5, 0.6) is 5.75 Å². The molecule has 2 aromatic heterocycles. The minimum absolute atomic E-state index is 0.144. The van der Waals surface area contributed by atoms with Crippen molar-refractivity contribution in [1.29, 1.82) is 0 Å². The molecular formula is C15H13BrN6O4. The highest BCUT2D eigenvalue weighted by Gasteiger charge is 2.14. The van der Waals surface area contributed by atoms with E-state index in [4.69, 9.17) is 4.74 Å². The number of anilines is 1. The van der Waals surface area contributed by atoms with Gasteiger partial charge in [0.05, 0.1) is 35.4 Å². The molecule has 0 bridgehead atoms. The topological polar surface area (TPSA) is 117 Å². The van der Waals surface area contributed by atoms with Crippen molar-refractivity contribution in [2.45, 2.75) is 13.3 Å². The van der Waals surface area contributed by atoms with Gasteiger partial charge in [-0.25, -0.2) is 4.68 Å². The molecule has 3 aromatic rings. The Balaban J connectivity index is 1.51. The number of ether oxygens (including phenoxy) is 1. The summed E-state index contributed by atoms with van der Waals surface area (Å²) in [4.78, 5) is 21.9. The lowest BCUT2D eigenvalue weighted by molar-refractivity contribution is -0.389. The number of nitro groups is 1. The molecule has 0 saturated carbocycles. The number of rotatable bonds is 7. The third-order valence-corrected chi connectivity index (χ3v) is 3.74. The van der Waals surface area contributed by atoms with Crippen LogP contribution in [-0.4, -0.2) is 30.4 Å². The molecule has 1 aromatic carbocycles. The summed E-state index contributed by atoms with van der Waals surface area (Å²) in [5.41, 5.74) is 0.482. The minimum Gasteiger partial charge on any atom is -0.471 e. The Morgan fingerprint density at radius 1 is 1.27 bits per heavy atom. The summed E-state index contributed by atoms with van der Waals surface area (Å²) in [7, 11) is 0. The second-order valence-electron chi connectivity index (χ2n) is 5.17. The van der Waals surface area contributed by atoms with Crippen LogP contribution in [0, 0.1) is 10.1 Å². The van der Waals surface area contributed by atoms with Gasteiger partial charge in [-0.05, 0) is 29.2 Å². The highest BCUT2D eigenvalue weighted by atomic mass is 79.9. The van der Waals surface area contributed by atoms with Crippen LogP contribution in [0.25, 0.3) is 0 Å². The molecule has 10 nitrogen and oxygen atoms in total. The lowest BCUT2D eigenvalue weighted by Gasteiger charge is -2.05. The van der Waals surface area contributed by atoms with E-state index in [0.717, 1.165) is 4.47 Å². The molecule has 134 valence electrons. The predicted molar refractivity (Wildman–Crippen MR) is 94.5 cm³/mol. The molecule has 3 rings (SSSR count). The van der Waals surface area contributed by atoms with Crippen molar-refractivity contribution in [1.82, 2.24) is 19.6 Å². The monoisotopic (exact) mass is 420 g/mol. The first-order valence-corrected chi connectivity index (χ1v) is 8.17. The molecule has 2 heterocycles. The van der Waals surface area contributed by atoms with Crippen LogP contribution >= 0.6 is 15.9 Å². The van der Waals surface area contributed by atoms with E-state index in [0.29, 0.717) is 11.4 Å². The van der Waals surface area contributed by atoms with E-state index in [1.165, 1.54) is 27.8 Å². The first-order chi connectivity index (χ1) is 12.5. The van der Waals surface area contributed by atoms with E-state index in [-0.39, 0.29) is 25.0 Å². The Kier molecular flexibility index (Phi) is 5.27. The average molecular weight is 421 g/mol. The van der Waals surface area contributed by atoms with Crippen molar-refractivity contribution in [2.75, 3.05) is 5.32 Å². The molecule has 0 atom stereocenters. The smallest absolute Gasteiger partial charge is 0.389 e. The summed E-state index contributed by atoms with van der Waals surface area (Å²) in [5, 5.41) is 21.0. The summed E-state index contributed by atoms with van der Waals surface area (Å²) >= 11 is 3.35. The minimum atomic E-state index is -0.621. The van der Waals surface area contributed by atoms with Crippen LogP contribution in [0.3, 0.4) is 0 Å². The van der Waals surface area contributed by atoms with E-state index in [2.05, 4.69) is 31.4 Å². The summed E-state index contributed by atoms with van der Waals surface area (Å²) in [5.74, 6) is 0.00153. The van der Waals surface area contributed by atoms with Crippen molar-refractivity contribution >= 4 is 33.3 Å². The van der Waals surface area contributed by atoms with Crippen molar-refractivity contribution in [3.8, 4) is 5.75 Å². The van der Waals surface area contributed by atoms with Gasteiger partial charge < -0.3 is 20.2 Å². The van der Waals surface area contributed by atoms with Gasteiger partial charge in [0.1, 0.15) is 12.3 Å². The normalized spacial score (nSPS) is 10.5. The zero-order chi connectivity index (χ0) is 18.5. The highest BCUT2D eigenvalue weighted by molar-refractivity contribution is 9.10. The second-order valence-corrected chi connectivity index (χ2v) is 6.09. The first-order valence-electron chi connectivity index (χ1n) is 7.38. The van der Waals surface area contributed by atoms with Gasteiger partial charge in [-0.15, -0.1) is 0 Å². The molecule has 11 heteroatoms. The zero-order valence-corrected chi connectivity index (χ0v) is 14.9. The third kappa shape index (κ3) is 4.66. The van der Waals surface area contributed by atoms with Crippen molar-refractivity contribution in [2.24, 2.45) is 0 Å². The Morgan fingerprint density at radius 3 is 2.73 bits per heavy atom. The number of aromatic nitrogens is 4. The molecule has 1 amide bonds. The number of hydrogen-bond acceptors (Lipinski definition) is 6. The molecule has 0 saturated heterocycles. The van der Waals surface area contributed by atoms with Gasteiger partial charge in [0.2, 0.25) is 5.91 Å². The lowest BCUT2D eigenvalue weighted by atomic mass is 10.3. The number of halogens is 1. The highest BCUT2D eigenvalue weighted by Crippen LogP contribution is 2.16. The molecule has 0 unspecified atom stereocenters. The van der Waals surface area contributed by atoms with Gasteiger partial charge in [-0.3, -0.25) is 4.79 Å². The fourth-order valence-corrected chi connectivity index (χ4v) is 2.32. The number of carbonyl (C=O) groups is 1. The lowest BCUT2D eigenvalue weighted by Crippen LogP contribution is -2.18. The number of nitrogens with one attached hydrogen (secondary N) is 1. The van der Waals surface area contributed by atoms with Crippen LogP contribution in [0.1, 0.15) is 0 Å². The van der Waals surface area contributed by atoms with E-state index in [1.54, 1.807) is 6.20 Å². The summed E-state index contributed by atoms with van der Waals surface area (Å²) < 4.78 is 9.24. The van der Waals surface area contributed by atoms with E-state index in [1.807, 2.05) is 24.3 Å². The van der Waals surface area contributed by atoms with Crippen LogP contribution in [0.15, 0.2) is 53.4 Å². The van der Waals surface area contributed by atoms with E-state index < -0.39 is 4.92 Å². The molecule has 0 aliphatic carbocycles. The van der Waals surface area contributed by atoms with Gasteiger partial charge in [-0.2, -0.15) is 9.78 Å². The number of benzene rings is 1. The summed E-state index contributed by atoms with van der Waals surface area (Å²) in [6.07, 6.45) is 4.46. The van der Waals surface area contributed by atoms with Crippen molar-refractivity contribution < 1.29 is 14.5 Å². The van der Waals surface area contributed by atoms with E-state index >= 15 is 0 Å². The summed E-state index contributed by atoms with van der Waals surface area (Å²) in [6.45, 7) is 0.0390. The number of nitrogens with zero attached hydrogens (tertiary/aromatic N) is 5. The molecule has 26 heavy (non-hydrogen) atoms. The standard InChI is InChI=1S/C15H13BrN6O4/c16-11-1-3-13(4-2-11)26-10-21-8-12(7-17-21)18-15(23)9-20-6-5-14(19-20)22(24)25/h1-8H,9-10H2,(H,18,23). The molecule has 0 radical (unpaired) electrons. The maximum atomic E-state index is 12.0. The molecule has 1 N–H and O–H groups in total. The molecule has 0 spiro atoms. The SMILES string of the molecule is O=C(Cn1ccc([N+](=O)[O-])n1)Nc1cnn(COc2ccc(Br)cc2)c1. The van der Waals surface area contributed by atoms with Crippen molar-refractivity contribution in [3.05, 3.63) is 63.5 Å². The zero-order valence-electron chi connectivity index (χ0n) is 13.3. The molecule has 0 aliphatic heterocycles. The Labute approximate surface area is 155 Å². The second kappa shape index (κ2) is 7.78. The molecule has 0 fully saturated rings. The van der Waals surface area contributed by atoms with Gasteiger partial charge in [0.15, 0.2) is 6.73 Å². The van der Waals surface area contributed by atoms with Gasteiger partial charge in [0, 0.05) is 4.47 Å². The third-order valence-electron chi connectivity index (χ3n) is 3.21. The Hall–Kier alpha value is -3.21. The van der Waals surface area contributed by atoms with Crippen LogP contribution in [0.2, 0.25) is 0 Å². The summed E-state index contributed by atoms with van der Waals surface area (Å²) in [6, 6.07) is 8.59. The first kappa shape index (κ1) is 17.6. The van der Waals surface area contributed by atoms with Crippen molar-refractivity contribution in [3.63, 3.8) is 0 Å². The van der Waals surface area contributed by atoms with Crippen LogP contribution in [0.4, 0.5) is 11.5 Å². The predicted octanol–water partition coefficient (Wildman–Crippen LogP) is 2.43. The molecular weight excluding hydrogens is 408 g/mol. The van der Waals surface area contributed by atoms with Crippen LogP contribution in [-0.2, 0) is 18.1 Å².